The van der Waals surface area contributed by atoms with Crippen LogP contribution in [0.25, 0.3) is 0 Å². The molecule has 9 heavy (non-hydrogen) atoms. The van der Waals surface area contributed by atoms with E-state index in [1.54, 1.807) is 0 Å². The van der Waals surface area contributed by atoms with Crippen molar-refractivity contribution in [1.29, 1.82) is 0 Å². The van der Waals surface area contributed by atoms with Gasteiger partial charge < -0.3 is 4.74 Å². The van der Waals surface area contributed by atoms with Crippen LogP contribution >= 0.6 is 0 Å². The van der Waals surface area contributed by atoms with E-state index in [1.807, 2.05) is 0 Å². The summed E-state index contributed by atoms with van der Waals surface area (Å²) in [4.78, 5) is 0. The number of alkyl halides is 4. The summed E-state index contributed by atoms with van der Waals surface area (Å²) in [6.07, 6.45) is -4.62. The summed E-state index contributed by atoms with van der Waals surface area (Å²) in [5, 5.41) is 0. The van der Waals surface area contributed by atoms with Gasteiger partial charge >= 0.3 is 6.18 Å². The molecule has 0 unspecified atom stereocenters. The van der Waals surface area contributed by atoms with Crippen molar-refractivity contribution in [3.8, 4) is 0 Å². The first-order valence-corrected chi connectivity index (χ1v) is 2.27. The van der Waals surface area contributed by atoms with Gasteiger partial charge in [0.25, 0.3) is 0 Å². The van der Waals surface area contributed by atoms with E-state index in [0.29, 0.717) is 0 Å². The third-order valence-corrected chi connectivity index (χ3v) is 0.356. The number of hydrogen-bond donors (Lipinski definition) is 0. The molecule has 0 spiro atoms. The van der Waals surface area contributed by atoms with Gasteiger partial charge in [-0.1, -0.05) is 0 Å². The lowest BCUT2D eigenvalue weighted by Gasteiger charge is -1.93. The van der Waals surface area contributed by atoms with Gasteiger partial charge in [-0.3, -0.25) is 0 Å². The molecular weight excluding hydrogens is 140 g/mol. The van der Waals surface area contributed by atoms with Crippen molar-refractivity contribution in [2.45, 2.75) is 6.18 Å². The Kier molecular flexibility index (Phi) is 3.53. The summed E-state index contributed by atoms with van der Waals surface area (Å²) in [6, 6.07) is 0. The molecule has 0 saturated carbocycles. The Labute approximate surface area is 49.6 Å². The van der Waals surface area contributed by atoms with E-state index in [-0.39, 0.29) is 0 Å². The minimum atomic E-state index is -4.62. The fourth-order valence-corrected chi connectivity index (χ4v) is 0. The third kappa shape index (κ3) is 18.3. The van der Waals surface area contributed by atoms with Crippen LogP contribution < -0.4 is 0 Å². The van der Waals surface area contributed by atoms with Gasteiger partial charge in [0, 0.05) is 0 Å². The smallest absolute Gasteiger partial charge is 0.377 e. The molecule has 0 aliphatic carbocycles. The maximum atomic E-state index is 10.4. The molecule has 1 rings (SSSR count). The highest BCUT2D eigenvalue weighted by molar-refractivity contribution is 4.39. The zero-order valence-electron chi connectivity index (χ0n) is 4.54. The summed E-state index contributed by atoms with van der Waals surface area (Å²) in [5.74, 6) is 0. The first-order valence-electron chi connectivity index (χ1n) is 2.27. The van der Waals surface area contributed by atoms with Crippen LogP contribution in [0.4, 0.5) is 17.6 Å². The van der Waals surface area contributed by atoms with E-state index >= 15 is 0 Å². The Morgan fingerprint density at radius 2 is 1.44 bits per heavy atom. The van der Waals surface area contributed by atoms with E-state index in [0.717, 1.165) is 13.2 Å². The predicted octanol–water partition coefficient (Wildman–Crippen LogP) is 1.53. The largest absolute Gasteiger partial charge is 0.416 e. The Hall–Kier alpha value is -0.320. The molecule has 0 aromatic heterocycles. The number of rotatable bonds is 0. The van der Waals surface area contributed by atoms with Crippen molar-refractivity contribution in [2.75, 3.05) is 19.9 Å². The second-order valence-corrected chi connectivity index (χ2v) is 1.36. The molecule has 0 atom stereocenters. The molecule has 0 bridgehead atoms. The number of epoxide rings is 1. The second-order valence-electron chi connectivity index (χ2n) is 1.36. The van der Waals surface area contributed by atoms with E-state index < -0.39 is 12.9 Å². The highest BCUT2D eigenvalue weighted by Gasteiger charge is 2.26. The van der Waals surface area contributed by atoms with Crippen molar-refractivity contribution in [3.63, 3.8) is 0 Å². The van der Waals surface area contributed by atoms with Gasteiger partial charge in [-0.15, -0.1) is 0 Å². The lowest BCUT2D eigenvalue weighted by molar-refractivity contribution is -0.142. The fourth-order valence-electron chi connectivity index (χ4n) is 0. The van der Waals surface area contributed by atoms with Crippen molar-refractivity contribution >= 4 is 0 Å². The normalized spacial score (nSPS) is 16.0. The Bertz CT molecular complexity index is 64.7. The molecule has 1 aliphatic rings. The molecule has 1 aliphatic heterocycles. The Balaban J connectivity index is 0.000000173. The highest BCUT2D eigenvalue weighted by Crippen LogP contribution is 2.13. The maximum Gasteiger partial charge on any atom is 0.416 e. The molecule has 1 saturated heterocycles. The predicted molar refractivity (Wildman–Crippen MR) is 22.8 cm³/mol. The Morgan fingerprint density at radius 1 is 1.22 bits per heavy atom. The standard InChI is InChI=1S/C2H2F4.C2H4O/c3-1-2(4,5)6;1-2-3-1/h1H2;1-2H2. The van der Waals surface area contributed by atoms with Crippen LogP contribution in [0.5, 0.6) is 0 Å². The van der Waals surface area contributed by atoms with Gasteiger partial charge in [-0.05, 0) is 0 Å². The van der Waals surface area contributed by atoms with E-state index in [2.05, 4.69) is 4.74 Å². The first-order chi connectivity index (χ1) is 4.06. The summed E-state index contributed by atoms with van der Waals surface area (Å²) in [6.45, 7) is -0.229. The summed E-state index contributed by atoms with van der Waals surface area (Å²) in [7, 11) is 0. The van der Waals surface area contributed by atoms with Gasteiger partial charge in [0.15, 0.2) is 6.67 Å². The average Bonchev–Trinajstić information content (AvgIpc) is 2.45. The lowest BCUT2D eigenvalue weighted by atomic mass is 10.8. The molecule has 0 aromatic rings. The van der Waals surface area contributed by atoms with Gasteiger partial charge in [-0.2, -0.15) is 13.2 Å². The number of halogens is 4. The fraction of sp³-hybridized carbons (Fsp3) is 1.00. The average molecular weight is 146 g/mol. The molecule has 1 fully saturated rings. The quantitative estimate of drug-likeness (QED) is 0.373. The van der Waals surface area contributed by atoms with Crippen LogP contribution in [-0.4, -0.2) is 26.1 Å². The van der Waals surface area contributed by atoms with Crippen molar-refractivity contribution in [3.05, 3.63) is 0 Å². The molecule has 1 nitrogen and oxygen atoms in total. The van der Waals surface area contributed by atoms with Crippen LogP contribution in [0.3, 0.4) is 0 Å². The molecule has 5 heteroatoms. The highest BCUT2D eigenvalue weighted by atomic mass is 19.4. The van der Waals surface area contributed by atoms with E-state index in [9.17, 15) is 17.6 Å². The van der Waals surface area contributed by atoms with Gasteiger partial charge in [0.2, 0.25) is 0 Å². The molecule has 0 amide bonds. The van der Waals surface area contributed by atoms with Crippen LogP contribution in [0.2, 0.25) is 0 Å². The third-order valence-electron chi connectivity index (χ3n) is 0.356. The molecule has 0 aromatic carbocycles. The van der Waals surface area contributed by atoms with Crippen molar-refractivity contribution < 1.29 is 22.3 Å². The summed E-state index contributed by atoms with van der Waals surface area (Å²) >= 11 is 0. The van der Waals surface area contributed by atoms with Crippen LogP contribution in [0, 0.1) is 0 Å². The topological polar surface area (TPSA) is 12.5 Å². The van der Waals surface area contributed by atoms with Crippen LogP contribution in [-0.2, 0) is 4.74 Å². The minimum Gasteiger partial charge on any atom is -0.377 e. The number of ether oxygens (including phenoxy) is 1. The van der Waals surface area contributed by atoms with Crippen LogP contribution in [0.1, 0.15) is 0 Å². The maximum absolute atomic E-state index is 10.4. The van der Waals surface area contributed by atoms with Gasteiger partial charge in [0.05, 0.1) is 13.2 Å². The summed E-state index contributed by atoms with van der Waals surface area (Å²) < 4.78 is 46.1. The number of hydrogen-bond acceptors (Lipinski definition) is 1. The monoisotopic (exact) mass is 146 g/mol. The first kappa shape index (κ1) is 8.68. The van der Waals surface area contributed by atoms with Crippen molar-refractivity contribution in [2.24, 2.45) is 0 Å². The van der Waals surface area contributed by atoms with Crippen molar-refractivity contribution in [1.82, 2.24) is 0 Å². The van der Waals surface area contributed by atoms with E-state index in [1.165, 1.54) is 0 Å². The molecule has 0 N–H and O–H groups in total. The molecule has 56 valence electrons. The van der Waals surface area contributed by atoms with Crippen LogP contribution in [0.15, 0.2) is 0 Å². The van der Waals surface area contributed by atoms with Gasteiger partial charge in [0.1, 0.15) is 0 Å². The summed E-state index contributed by atoms with van der Waals surface area (Å²) in [5.41, 5.74) is 0. The zero-order chi connectivity index (χ0) is 7.33. The SMILES string of the molecule is C1CO1.FCC(F)(F)F. The van der Waals surface area contributed by atoms with E-state index in [4.69, 9.17) is 0 Å². The minimum absolute atomic E-state index is 1.00. The lowest BCUT2D eigenvalue weighted by Crippen LogP contribution is -2.08. The molecule has 0 radical (unpaired) electrons. The second kappa shape index (κ2) is 3.66. The van der Waals surface area contributed by atoms with Gasteiger partial charge in [-0.25, -0.2) is 4.39 Å². The molecular formula is C4H6F4O. The molecule has 1 heterocycles. The Morgan fingerprint density at radius 3 is 1.44 bits per heavy atom. The zero-order valence-corrected chi connectivity index (χ0v) is 4.54.